The van der Waals surface area contributed by atoms with Gasteiger partial charge in [0.2, 0.25) is 0 Å². The van der Waals surface area contributed by atoms with E-state index in [4.69, 9.17) is 10.5 Å². The zero-order valence-corrected chi connectivity index (χ0v) is 13.3. The number of halogens is 1. The monoisotopic (exact) mass is 333 g/mol. The van der Waals surface area contributed by atoms with Crippen molar-refractivity contribution >= 4 is 21.6 Å². The predicted molar refractivity (Wildman–Crippen MR) is 87.9 cm³/mol. The number of aryl methyl sites for hydroxylation is 1. The van der Waals surface area contributed by atoms with Gasteiger partial charge in [0.1, 0.15) is 12.4 Å². The van der Waals surface area contributed by atoms with E-state index < -0.39 is 0 Å². The molecule has 2 nitrogen and oxygen atoms in total. The molecule has 0 radical (unpaired) electrons. The summed E-state index contributed by atoms with van der Waals surface area (Å²) in [7, 11) is 0. The number of unbranched alkanes of at least 4 members (excludes halogenated alkanes) is 1. The van der Waals surface area contributed by atoms with Gasteiger partial charge in [0.15, 0.2) is 0 Å². The largest absolute Gasteiger partial charge is 0.489 e. The molecule has 2 rings (SSSR count). The Morgan fingerprint density at radius 2 is 1.75 bits per heavy atom. The van der Waals surface area contributed by atoms with Crippen LogP contribution in [0.3, 0.4) is 0 Å². The zero-order valence-electron chi connectivity index (χ0n) is 11.7. The number of nitrogen functional groups attached to an aromatic ring is 1. The lowest BCUT2D eigenvalue weighted by atomic mass is 10.1. The molecule has 2 aromatic carbocycles. The second-order valence-electron chi connectivity index (χ2n) is 4.89. The van der Waals surface area contributed by atoms with Gasteiger partial charge in [0, 0.05) is 10.2 Å². The van der Waals surface area contributed by atoms with Crippen LogP contribution in [0.15, 0.2) is 46.9 Å². The fraction of sp³-hybridized carbons (Fsp3) is 0.294. The number of rotatable bonds is 6. The van der Waals surface area contributed by atoms with E-state index >= 15 is 0 Å². The zero-order chi connectivity index (χ0) is 14.4. The predicted octanol–water partition coefficient (Wildman–Crippen LogP) is 4.95. The average molecular weight is 334 g/mol. The molecule has 0 fully saturated rings. The van der Waals surface area contributed by atoms with Gasteiger partial charge in [-0.1, -0.05) is 31.5 Å². The topological polar surface area (TPSA) is 35.2 Å². The molecule has 0 aliphatic carbocycles. The van der Waals surface area contributed by atoms with E-state index in [9.17, 15) is 0 Å². The number of hydrogen-bond donors (Lipinski definition) is 1. The highest BCUT2D eigenvalue weighted by molar-refractivity contribution is 9.10. The number of ether oxygens (including phenoxy) is 1. The Morgan fingerprint density at radius 3 is 2.40 bits per heavy atom. The van der Waals surface area contributed by atoms with Gasteiger partial charge in [0.05, 0.1) is 0 Å². The number of hydrogen-bond acceptors (Lipinski definition) is 2. The van der Waals surface area contributed by atoms with Crippen LogP contribution in [0.25, 0.3) is 0 Å². The number of anilines is 1. The summed E-state index contributed by atoms with van der Waals surface area (Å²) in [6, 6.07) is 14.2. The van der Waals surface area contributed by atoms with E-state index in [-0.39, 0.29) is 0 Å². The maximum Gasteiger partial charge on any atom is 0.119 e. The van der Waals surface area contributed by atoms with Gasteiger partial charge in [-0.3, -0.25) is 0 Å². The molecule has 0 bridgehead atoms. The van der Waals surface area contributed by atoms with Crippen LogP contribution < -0.4 is 10.5 Å². The lowest BCUT2D eigenvalue weighted by Gasteiger charge is -2.08. The van der Waals surface area contributed by atoms with E-state index in [0.29, 0.717) is 6.61 Å². The first kappa shape index (κ1) is 14.9. The van der Waals surface area contributed by atoms with Crippen molar-refractivity contribution in [1.82, 2.24) is 0 Å². The summed E-state index contributed by atoms with van der Waals surface area (Å²) >= 11 is 3.39. The van der Waals surface area contributed by atoms with Gasteiger partial charge in [0.25, 0.3) is 0 Å². The van der Waals surface area contributed by atoms with Crippen molar-refractivity contribution in [3.05, 3.63) is 58.1 Å². The highest BCUT2D eigenvalue weighted by Crippen LogP contribution is 2.21. The van der Waals surface area contributed by atoms with Crippen molar-refractivity contribution in [3.8, 4) is 5.75 Å². The van der Waals surface area contributed by atoms with Crippen molar-refractivity contribution in [3.63, 3.8) is 0 Å². The van der Waals surface area contributed by atoms with Crippen LogP contribution >= 0.6 is 15.9 Å². The highest BCUT2D eigenvalue weighted by atomic mass is 79.9. The van der Waals surface area contributed by atoms with E-state index in [1.807, 2.05) is 30.3 Å². The minimum Gasteiger partial charge on any atom is -0.489 e. The lowest BCUT2D eigenvalue weighted by Crippen LogP contribution is -1.97. The molecule has 0 unspecified atom stereocenters. The number of nitrogens with two attached hydrogens (primary N) is 1. The SMILES string of the molecule is CCCCc1ccc(OCc2ccc(Br)c(N)c2)cc1. The van der Waals surface area contributed by atoms with E-state index in [1.165, 1.54) is 18.4 Å². The molecular weight excluding hydrogens is 314 g/mol. The summed E-state index contributed by atoms with van der Waals surface area (Å²) in [6.07, 6.45) is 3.60. The van der Waals surface area contributed by atoms with Crippen LogP contribution in [0.2, 0.25) is 0 Å². The Morgan fingerprint density at radius 1 is 1.05 bits per heavy atom. The van der Waals surface area contributed by atoms with Crippen LogP contribution in [0.5, 0.6) is 5.75 Å². The summed E-state index contributed by atoms with van der Waals surface area (Å²) in [5, 5.41) is 0. The fourth-order valence-electron chi connectivity index (χ4n) is 1.98. The fourth-order valence-corrected chi connectivity index (χ4v) is 2.23. The molecule has 20 heavy (non-hydrogen) atoms. The van der Waals surface area contributed by atoms with Crippen LogP contribution in [-0.2, 0) is 13.0 Å². The third-order valence-electron chi connectivity index (χ3n) is 3.21. The second-order valence-corrected chi connectivity index (χ2v) is 5.75. The van der Waals surface area contributed by atoms with Gasteiger partial charge < -0.3 is 10.5 Å². The van der Waals surface area contributed by atoms with Crippen LogP contribution in [0, 0.1) is 0 Å². The summed E-state index contributed by atoms with van der Waals surface area (Å²) in [5.74, 6) is 0.895. The van der Waals surface area contributed by atoms with Crippen molar-refractivity contribution in [2.45, 2.75) is 32.8 Å². The molecule has 0 atom stereocenters. The van der Waals surface area contributed by atoms with Gasteiger partial charge >= 0.3 is 0 Å². The lowest BCUT2D eigenvalue weighted by molar-refractivity contribution is 0.306. The van der Waals surface area contributed by atoms with E-state index in [0.717, 1.165) is 27.9 Å². The molecule has 0 heterocycles. The first-order valence-electron chi connectivity index (χ1n) is 6.94. The third-order valence-corrected chi connectivity index (χ3v) is 3.93. The first-order valence-corrected chi connectivity index (χ1v) is 7.74. The van der Waals surface area contributed by atoms with Gasteiger partial charge in [-0.2, -0.15) is 0 Å². The summed E-state index contributed by atoms with van der Waals surface area (Å²) in [6.45, 7) is 2.74. The Hall–Kier alpha value is -1.48. The molecule has 2 N–H and O–H groups in total. The standard InChI is InChI=1S/C17H20BrNO/c1-2-3-4-13-5-8-15(9-6-13)20-12-14-7-10-16(18)17(19)11-14/h5-11H,2-4,12,19H2,1H3. The van der Waals surface area contributed by atoms with E-state index in [1.54, 1.807) is 0 Å². The Balaban J connectivity index is 1.91. The van der Waals surface area contributed by atoms with Gasteiger partial charge in [-0.05, 0) is 64.2 Å². The summed E-state index contributed by atoms with van der Waals surface area (Å²) in [4.78, 5) is 0. The Kier molecular flexibility index (Phi) is 5.48. The maximum absolute atomic E-state index is 5.85. The summed E-state index contributed by atoms with van der Waals surface area (Å²) < 4.78 is 6.69. The van der Waals surface area contributed by atoms with E-state index in [2.05, 4.69) is 35.0 Å². The van der Waals surface area contributed by atoms with Crippen LogP contribution in [0.1, 0.15) is 30.9 Å². The molecule has 0 aliphatic heterocycles. The molecule has 3 heteroatoms. The molecule has 0 amide bonds. The van der Waals surface area contributed by atoms with Crippen molar-refractivity contribution in [1.29, 1.82) is 0 Å². The quantitative estimate of drug-likeness (QED) is 0.759. The summed E-state index contributed by atoms with van der Waals surface area (Å²) in [5.41, 5.74) is 9.03. The number of benzene rings is 2. The molecule has 0 aliphatic rings. The van der Waals surface area contributed by atoms with Gasteiger partial charge in [-0.25, -0.2) is 0 Å². The van der Waals surface area contributed by atoms with Crippen LogP contribution in [0.4, 0.5) is 5.69 Å². The molecule has 0 saturated carbocycles. The smallest absolute Gasteiger partial charge is 0.119 e. The molecule has 2 aromatic rings. The highest BCUT2D eigenvalue weighted by Gasteiger charge is 2.00. The van der Waals surface area contributed by atoms with Crippen molar-refractivity contribution in [2.24, 2.45) is 0 Å². The third kappa shape index (κ3) is 4.27. The molecule has 106 valence electrons. The van der Waals surface area contributed by atoms with Gasteiger partial charge in [-0.15, -0.1) is 0 Å². The van der Waals surface area contributed by atoms with Crippen LogP contribution in [-0.4, -0.2) is 0 Å². The molecule has 0 aromatic heterocycles. The van der Waals surface area contributed by atoms with Crippen molar-refractivity contribution < 1.29 is 4.74 Å². The van der Waals surface area contributed by atoms with Crippen molar-refractivity contribution in [2.75, 3.05) is 5.73 Å². The minimum atomic E-state index is 0.534. The Bertz CT molecular complexity index is 551. The minimum absolute atomic E-state index is 0.534. The Labute approximate surface area is 129 Å². The molecular formula is C17H20BrNO. The normalized spacial score (nSPS) is 10.5. The molecule has 0 saturated heterocycles. The molecule has 0 spiro atoms. The maximum atomic E-state index is 5.85. The average Bonchev–Trinajstić information content (AvgIpc) is 2.47. The second kappa shape index (κ2) is 7.34. The first-order chi connectivity index (χ1) is 9.69.